The van der Waals surface area contributed by atoms with Crippen LogP contribution in [0.3, 0.4) is 0 Å². The molecule has 1 aliphatic rings. The molecule has 3 nitrogen and oxygen atoms in total. The van der Waals surface area contributed by atoms with Gasteiger partial charge in [0.25, 0.3) is 0 Å². The molecule has 0 aromatic heterocycles. The largest absolute Gasteiger partial charge is 0.355 e. The Kier molecular flexibility index (Phi) is 6.75. The lowest BCUT2D eigenvalue weighted by atomic mass is 10.1. The van der Waals surface area contributed by atoms with Crippen molar-refractivity contribution < 1.29 is 9.18 Å². The van der Waals surface area contributed by atoms with Gasteiger partial charge in [0.2, 0.25) is 5.91 Å². The van der Waals surface area contributed by atoms with Gasteiger partial charge in [0, 0.05) is 13.1 Å². The summed E-state index contributed by atoms with van der Waals surface area (Å²) in [6.45, 7) is 2.28. The molecule has 6 heteroatoms. The highest BCUT2D eigenvalue weighted by Crippen LogP contribution is 2.17. The lowest BCUT2D eigenvalue weighted by Gasteiger charge is -2.10. The van der Waals surface area contributed by atoms with Gasteiger partial charge in [-0.3, -0.25) is 4.79 Å². The van der Waals surface area contributed by atoms with Crippen LogP contribution in [0.5, 0.6) is 0 Å². The topological polar surface area (TPSA) is 41.1 Å². The maximum absolute atomic E-state index is 13.0. The van der Waals surface area contributed by atoms with E-state index < -0.39 is 0 Å². The van der Waals surface area contributed by atoms with Gasteiger partial charge in [-0.05, 0) is 53.0 Å². The molecule has 1 aliphatic heterocycles. The standard InChI is InChI=1S/C13H16BrFN2O.ClH/c14-11-7-9(1-2-12(11)15)3-6-17-13(18)10-4-5-16-8-10;/h1-2,7,10,16H,3-6,8H2,(H,17,18);1H. The third-order valence-electron chi connectivity index (χ3n) is 3.13. The van der Waals surface area contributed by atoms with E-state index in [1.165, 1.54) is 6.07 Å². The smallest absolute Gasteiger partial charge is 0.224 e. The summed E-state index contributed by atoms with van der Waals surface area (Å²) < 4.78 is 13.5. The minimum Gasteiger partial charge on any atom is -0.355 e. The van der Waals surface area contributed by atoms with Gasteiger partial charge in [0.1, 0.15) is 5.82 Å². The monoisotopic (exact) mass is 350 g/mol. The van der Waals surface area contributed by atoms with E-state index in [9.17, 15) is 9.18 Å². The van der Waals surface area contributed by atoms with Crippen molar-refractivity contribution in [2.75, 3.05) is 19.6 Å². The molecule has 0 aliphatic carbocycles. The van der Waals surface area contributed by atoms with Crippen LogP contribution in [0.25, 0.3) is 0 Å². The number of benzene rings is 1. The molecule has 1 atom stereocenters. The van der Waals surface area contributed by atoms with Crippen molar-refractivity contribution in [1.29, 1.82) is 0 Å². The number of nitrogens with one attached hydrogen (secondary N) is 2. The van der Waals surface area contributed by atoms with Gasteiger partial charge >= 0.3 is 0 Å². The van der Waals surface area contributed by atoms with Crippen LogP contribution in [0, 0.1) is 11.7 Å². The Morgan fingerprint density at radius 2 is 2.32 bits per heavy atom. The Hall–Kier alpha value is -0.650. The first-order valence-electron chi connectivity index (χ1n) is 6.09. The number of rotatable bonds is 4. The number of carbonyl (C=O) groups excluding carboxylic acids is 1. The van der Waals surface area contributed by atoms with Gasteiger partial charge in [-0.2, -0.15) is 0 Å². The lowest BCUT2D eigenvalue weighted by molar-refractivity contribution is -0.124. The number of amides is 1. The summed E-state index contributed by atoms with van der Waals surface area (Å²) >= 11 is 3.15. The fourth-order valence-corrected chi connectivity index (χ4v) is 2.47. The van der Waals surface area contributed by atoms with Crippen LogP contribution in [-0.4, -0.2) is 25.5 Å². The summed E-state index contributed by atoms with van der Waals surface area (Å²) in [6.07, 6.45) is 1.62. The molecule has 2 N–H and O–H groups in total. The number of halogens is 3. The van der Waals surface area contributed by atoms with E-state index in [-0.39, 0.29) is 30.0 Å². The van der Waals surface area contributed by atoms with E-state index in [1.807, 2.05) is 0 Å². The van der Waals surface area contributed by atoms with Crippen LogP contribution in [0.4, 0.5) is 4.39 Å². The van der Waals surface area contributed by atoms with Gasteiger partial charge in [0.05, 0.1) is 10.4 Å². The molecule has 1 fully saturated rings. The van der Waals surface area contributed by atoms with Gasteiger partial charge in [-0.15, -0.1) is 12.4 Å². The van der Waals surface area contributed by atoms with Crippen LogP contribution in [-0.2, 0) is 11.2 Å². The van der Waals surface area contributed by atoms with Crippen LogP contribution >= 0.6 is 28.3 Å². The van der Waals surface area contributed by atoms with E-state index in [2.05, 4.69) is 26.6 Å². The van der Waals surface area contributed by atoms with Crippen LogP contribution in [0.2, 0.25) is 0 Å². The molecular formula is C13H17BrClFN2O. The second-order valence-electron chi connectivity index (χ2n) is 4.48. The number of hydrogen-bond acceptors (Lipinski definition) is 2. The normalized spacial score (nSPS) is 17.9. The zero-order chi connectivity index (χ0) is 13.0. The Balaban J connectivity index is 0.00000180. The van der Waals surface area contributed by atoms with Crippen molar-refractivity contribution in [3.8, 4) is 0 Å². The summed E-state index contributed by atoms with van der Waals surface area (Å²) in [5, 5.41) is 6.09. The van der Waals surface area contributed by atoms with E-state index in [0.717, 1.165) is 25.1 Å². The SMILES string of the molecule is Cl.O=C(NCCc1ccc(F)c(Br)c1)C1CCNC1. The van der Waals surface area contributed by atoms with E-state index in [4.69, 9.17) is 0 Å². The van der Waals surface area contributed by atoms with E-state index in [1.54, 1.807) is 12.1 Å². The predicted molar refractivity (Wildman–Crippen MR) is 79.0 cm³/mol. The Morgan fingerprint density at radius 1 is 1.53 bits per heavy atom. The Bertz CT molecular complexity index is 439. The summed E-state index contributed by atoms with van der Waals surface area (Å²) in [5.74, 6) is -0.0500. The second kappa shape index (κ2) is 7.82. The first-order valence-corrected chi connectivity index (χ1v) is 6.88. The van der Waals surface area contributed by atoms with Crippen molar-refractivity contribution in [2.24, 2.45) is 5.92 Å². The third-order valence-corrected chi connectivity index (χ3v) is 3.74. The van der Waals surface area contributed by atoms with Crippen LogP contribution in [0.1, 0.15) is 12.0 Å². The molecule has 1 aromatic rings. The second-order valence-corrected chi connectivity index (χ2v) is 5.33. The van der Waals surface area contributed by atoms with Gasteiger partial charge in [-0.1, -0.05) is 6.07 Å². The van der Waals surface area contributed by atoms with E-state index >= 15 is 0 Å². The molecule has 0 spiro atoms. The number of carbonyl (C=O) groups is 1. The molecule has 0 saturated carbocycles. The first-order chi connectivity index (χ1) is 8.66. The molecule has 1 saturated heterocycles. The molecule has 1 heterocycles. The first kappa shape index (κ1) is 16.4. The Labute approximate surface area is 126 Å². The minimum atomic E-state index is -0.264. The van der Waals surface area contributed by atoms with Crippen molar-refractivity contribution in [3.05, 3.63) is 34.1 Å². The molecule has 0 bridgehead atoms. The quantitative estimate of drug-likeness (QED) is 0.874. The Morgan fingerprint density at radius 3 is 2.95 bits per heavy atom. The fourth-order valence-electron chi connectivity index (χ4n) is 2.05. The molecule has 0 radical (unpaired) electrons. The minimum absolute atomic E-state index is 0. The maximum atomic E-state index is 13.0. The highest BCUT2D eigenvalue weighted by molar-refractivity contribution is 9.10. The van der Waals surface area contributed by atoms with Crippen LogP contribution in [0.15, 0.2) is 22.7 Å². The lowest BCUT2D eigenvalue weighted by Crippen LogP contribution is -2.33. The molecule has 106 valence electrons. The van der Waals surface area contributed by atoms with Gasteiger partial charge in [0.15, 0.2) is 0 Å². The van der Waals surface area contributed by atoms with Crippen molar-refractivity contribution in [3.63, 3.8) is 0 Å². The summed E-state index contributed by atoms with van der Waals surface area (Å²) in [5.41, 5.74) is 1.01. The van der Waals surface area contributed by atoms with E-state index in [0.29, 0.717) is 17.4 Å². The average Bonchev–Trinajstić information content (AvgIpc) is 2.87. The molecule has 1 unspecified atom stereocenters. The summed E-state index contributed by atoms with van der Waals surface area (Å²) in [7, 11) is 0. The molecule has 2 rings (SSSR count). The third kappa shape index (κ3) is 4.75. The highest BCUT2D eigenvalue weighted by Gasteiger charge is 2.21. The van der Waals surface area contributed by atoms with Crippen molar-refractivity contribution in [1.82, 2.24) is 10.6 Å². The highest BCUT2D eigenvalue weighted by atomic mass is 79.9. The summed E-state index contributed by atoms with van der Waals surface area (Å²) in [6, 6.07) is 4.92. The maximum Gasteiger partial charge on any atom is 0.224 e. The van der Waals surface area contributed by atoms with Gasteiger partial charge < -0.3 is 10.6 Å². The van der Waals surface area contributed by atoms with Crippen molar-refractivity contribution in [2.45, 2.75) is 12.8 Å². The number of hydrogen-bond donors (Lipinski definition) is 2. The summed E-state index contributed by atoms with van der Waals surface area (Å²) in [4.78, 5) is 11.7. The molecule has 1 amide bonds. The zero-order valence-corrected chi connectivity index (χ0v) is 12.8. The molecular weight excluding hydrogens is 335 g/mol. The fraction of sp³-hybridized carbons (Fsp3) is 0.462. The zero-order valence-electron chi connectivity index (χ0n) is 10.4. The predicted octanol–water partition coefficient (Wildman–Crippen LogP) is 2.28. The van der Waals surface area contributed by atoms with Gasteiger partial charge in [-0.25, -0.2) is 4.39 Å². The van der Waals surface area contributed by atoms with Crippen LogP contribution < -0.4 is 10.6 Å². The molecule has 19 heavy (non-hydrogen) atoms. The molecule has 1 aromatic carbocycles. The van der Waals surface area contributed by atoms with Crippen molar-refractivity contribution >= 4 is 34.2 Å². The average molecular weight is 352 g/mol.